The van der Waals surface area contributed by atoms with E-state index in [0.717, 1.165) is 43.3 Å². The van der Waals surface area contributed by atoms with E-state index < -0.39 is 0 Å². The zero-order chi connectivity index (χ0) is 19.2. The predicted molar refractivity (Wildman–Crippen MR) is 107 cm³/mol. The number of anilines is 1. The van der Waals surface area contributed by atoms with Crippen molar-refractivity contribution in [2.45, 2.75) is 6.54 Å². The molecule has 0 aliphatic carbocycles. The minimum Gasteiger partial charge on any atom is -0.497 e. The number of halogens is 1. The van der Waals surface area contributed by atoms with Crippen LogP contribution in [0.15, 0.2) is 42.6 Å². The Balaban J connectivity index is 1.46. The highest BCUT2D eigenvalue weighted by Gasteiger charge is 2.21. The molecule has 1 fully saturated rings. The van der Waals surface area contributed by atoms with E-state index in [1.807, 2.05) is 43.4 Å². The number of carbonyl (C=O) groups excluding carboxylic acids is 1. The second-order valence-corrected chi connectivity index (χ2v) is 7.13. The number of pyridine rings is 1. The van der Waals surface area contributed by atoms with Gasteiger partial charge in [0.25, 0.3) is 0 Å². The number of carbonyl (C=O) groups is 1. The van der Waals surface area contributed by atoms with Gasteiger partial charge < -0.3 is 14.5 Å². The molecule has 0 N–H and O–H groups in total. The van der Waals surface area contributed by atoms with Crippen molar-refractivity contribution in [3.63, 3.8) is 0 Å². The van der Waals surface area contributed by atoms with Gasteiger partial charge in [-0.3, -0.25) is 9.69 Å². The Morgan fingerprint density at radius 3 is 2.44 bits per heavy atom. The molecule has 0 spiro atoms. The average molecular weight is 389 g/mol. The molecule has 6 nitrogen and oxygen atoms in total. The first-order valence-electron chi connectivity index (χ1n) is 9.01. The zero-order valence-corrected chi connectivity index (χ0v) is 16.5. The number of benzene rings is 1. The summed E-state index contributed by atoms with van der Waals surface area (Å²) in [6.45, 7) is 4.42. The SMILES string of the molecule is COc1ccc(CN(C)C(=O)CN2CCN(c3ccc(Cl)cn3)CC2)cc1. The second kappa shape index (κ2) is 9.06. The number of likely N-dealkylation sites (N-methyl/N-ethyl adjacent to an activating group) is 1. The van der Waals surface area contributed by atoms with Crippen molar-refractivity contribution in [2.75, 3.05) is 51.8 Å². The summed E-state index contributed by atoms with van der Waals surface area (Å²) in [4.78, 5) is 23.1. The van der Waals surface area contributed by atoms with Crippen LogP contribution in [0.25, 0.3) is 0 Å². The Morgan fingerprint density at radius 2 is 1.85 bits per heavy atom. The van der Waals surface area contributed by atoms with Crippen molar-refractivity contribution in [2.24, 2.45) is 0 Å². The van der Waals surface area contributed by atoms with Crippen LogP contribution in [-0.4, -0.2) is 67.6 Å². The third-order valence-electron chi connectivity index (χ3n) is 4.77. The van der Waals surface area contributed by atoms with Gasteiger partial charge in [-0.25, -0.2) is 4.98 Å². The number of rotatable bonds is 6. The molecule has 0 unspecified atom stereocenters. The van der Waals surface area contributed by atoms with E-state index in [2.05, 4.69) is 14.8 Å². The largest absolute Gasteiger partial charge is 0.497 e. The molecular weight excluding hydrogens is 364 g/mol. The van der Waals surface area contributed by atoms with Crippen LogP contribution in [0, 0.1) is 0 Å². The van der Waals surface area contributed by atoms with Crippen LogP contribution in [-0.2, 0) is 11.3 Å². The van der Waals surface area contributed by atoms with E-state index >= 15 is 0 Å². The lowest BCUT2D eigenvalue weighted by atomic mass is 10.2. The fourth-order valence-electron chi connectivity index (χ4n) is 3.10. The average Bonchev–Trinajstić information content (AvgIpc) is 2.70. The van der Waals surface area contributed by atoms with Crippen molar-refractivity contribution in [1.29, 1.82) is 0 Å². The lowest BCUT2D eigenvalue weighted by Gasteiger charge is -2.35. The normalized spacial score (nSPS) is 14.9. The van der Waals surface area contributed by atoms with Gasteiger partial charge in [0.2, 0.25) is 5.91 Å². The van der Waals surface area contributed by atoms with Crippen LogP contribution in [0.4, 0.5) is 5.82 Å². The van der Waals surface area contributed by atoms with Gasteiger partial charge in [0.1, 0.15) is 11.6 Å². The van der Waals surface area contributed by atoms with Crippen LogP contribution in [0.5, 0.6) is 5.75 Å². The summed E-state index contributed by atoms with van der Waals surface area (Å²) in [5.74, 6) is 1.88. The molecule has 1 aromatic heterocycles. The Kier molecular flexibility index (Phi) is 6.53. The van der Waals surface area contributed by atoms with Crippen LogP contribution in [0.2, 0.25) is 5.02 Å². The highest BCUT2D eigenvalue weighted by Crippen LogP contribution is 2.16. The molecule has 0 saturated carbocycles. The van der Waals surface area contributed by atoms with Gasteiger partial charge in [0, 0.05) is 46.0 Å². The van der Waals surface area contributed by atoms with Gasteiger partial charge >= 0.3 is 0 Å². The number of hydrogen-bond donors (Lipinski definition) is 0. The highest BCUT2D eigenvalue weighted by molar-refractivity contribution is 6.30. The van der Waals surface area contributed by atoms with Crippen LogP contribution >= 0.6 is 11.6 Å². The Bertz CT molecular complexity index is 744. The third kappa shape index (κ3) is 5.34. The minimum atomic E-state index is 0.129. The molecule has 1 saturated heterocycles. The topological polar surface area (TPSA) is 48.9 Å². The van der Waals surface area contributed by atoms with E-state index in [9.17, 15) is 4.79 Å². The molecule has 7 heteroatoms. The summed E-state index contributed by atoms with van der Waals surface area (Å²) in [5, 5.41) is 0.642. The molecule has 1 aliphatic heterocycles. The van der Waals surface area contributed by atoms with E-state index in [-0.39, 0.29) is 5.91 Å². The zero-order valence-electron chi connectivity index (χ0n) is 15.8. The molecule has 1 aromatic carbocycles. The van der Waals surface area contributed by atoms with Crippen LogP contribution in [0.1, 0.15) is 5.56 Å². The summed E-state index contributed by atoms with van der Waals surface area (Å²) in [6, 6.07) is 11.6. The van der Waals surface area contributed by atoms with Gasteiger partial charge in [-0.1, -0.05) is 23.7 Å². The van der Waals surface area contributed by atoms with Gasteiger partial charge in [-0.15, -0.1) is 0 Å². The maximum Gasteiger partial charge on any atom is 0.236 e. The quantitative estimate of drug-likeness (QED) is 0.761. The number of amides is 1. The monoisotopic (exact) mass is 388 g/mol. The summed E-state index contributed by atoms with van der Waals surface area (Å²) in [7, 11) is 3.49. The molecule has 1 amide bonds. The molecule has 27 heavy (non-hydrogen) atoms. The molecular formula is C20H25ClN4O2. The molecule has 0 atom stereocenters. The molecule has 1 aliphatic rings. The maximum atomic E-state index is 12.5. The lowest BCUT2D eigenvalue weighted by molar-refractivity contribution is -0.131. The summed E-state index contributed by atoms with van der Waals surface area (Å²) < 4.78 is 5.17. The number of hydrogen-bond acceptors (Lipinski definition) is 5. The molecule has 144 valence electrons. The van der Waals surface area contributed by atoms with E-state index in [1.165, 1.54) is 0 Å². The maximum absolute atomic E-state index is 12.5. The Labute approximate surface area is 165 Å². The van der Waals surface area contributed by atoms with Crippen molar-refractivity contribution in [3.05, 3.63) is 53.2 Å². The molecule has 0 radical (unpaired) electrons. The molecule has 3 rings (SSSR count). The predicted octanol–water partition coefficient (Wildman–Crippen LogP) is 2.52. The first-order valence-corrected chi connectivity index (χ1v) is 9.38. The second-order valence-electron chi connectivity index (χ2n) is 6.70. The van der Waals surface area contributed by atoms with Gasteiger partial charge in [-0.05, 0) is 29.8 Å². The van der Waals surface area contributed by atoms with Crippen LogP contribution < -0.4 is 9.64 Å². The Morgan fingerprint density at radius 1 is 1.15 bits per heavy atom. The highest BCUT2D eigenvalue weighted by atomic mass is 35.5. The van der Waals surface area contributed by atoms with Crippen molar-refractivity contribution in [3.8, 4) is 5.75 Å². The fourth-order valence-corrected chi connectivity index (χ4v) is 3.21. The molecule has 0 bridgehead atoms. The van der Waals surface area contributed by atoms with E-state index in [4.69, 9.17) is 16.3 Å². The third-order valence-corrected chi connectivity index (χ3v) is 5.00. The Hall–Kier alpha value is -2.31. The number of nitrogens with zero attached hydrogens (tertiary/aromatic N) is 4. The van der Waals surface area contributed by atoms with Gasteiger partial charge in [0.05, 0.1) is 18.7 Å². The number of ether oxygens (including phenoxy) is 1. The standard InChI is InChI=1S/C20H25ClN4O2/c1-23(14-16-3-6-18(27-2)7-4-16)20(26)15-24-9-11-25(12-10-24)19-8-5-17(21)13-22-19/h3-8,13H,9-12,14-15H2,1-2H3. The van der Waals surface area contributed by atoms with Gasteiger partial charge in [0.15, 0.2) is 0 Å². The molecule has 2 heterocycles. The number of methoxy groups -OCH3 is 1. The summed E-state index contributed by atoms with van der Waals surface area (Å²) in [6.07, 6.45) is 1.67. The number of aromatic nitrogens is 1. The lowest BCUT2D eigenvalue weighted by Crippen LogP contribution is -2.49. The van der Waals surface area contributed by atoms with E-state index in [0.29, 0.717) is 18.1 Å². The molecule has 2 aromatic rings. The first kappa shape index (κ1) is 19.5. The smallest absolute Gasteiger partial charge is 0.236 e. The summed E-state index contributed by atoms with van der Waals surface area (Å²) >= 11 is 5.90. The first-order chi connectivity index (χ1) is 13.0. The summed E-state index contributed by atoms with van der Waals surface area (Å²) in [5.41, 5.74) is 1.09. The van der Waals surface area contributed by atoms with Crippen molar-refractivity contribution >= 4 is 23.3 Å². The van der Waals surface area contributed by atoms with E-state index in [1.54, 1.807) is 18.2 Å². The van der Waals surface area contributed by atoms with Crippen LogP contribution in [0.3, 0.4) is 0 Å². The number of piperazine rings is 1. The minimum absolute atomic E-state index is 0.129. The van der Waals surface area contributed by atoms with Crippen molar-refractivity contribution in [1.82, 2.24) is 14.8 Å². The van der Waals surface area contributed by atoms with Crippen molar-refractivity contribution < 1.29 is 9.53 Å². The van der Waals surface area contributed by atoms with Gasteiger partial charge in [-0.2, -0.15) is 0 Å². The fraction of sp³-hybridized carbons (Fsp3) is 0.400.